The SMILES string of the molecule is CCCN1CCC(NC(=NCCCCc2nc(C)cs2)NCC)CC1.I. The summed E-state index contributed by atoms with van der Waals surface area (Å²) < 4.78 is 0. The molecule has 0 spiro atoms. The van der Waals surface area contributed by atoms with Crippen LogP contribution in [0.3, 0.4) is 0 Å². The smallest absolute Gasteiger partial charge is 0.191 e. The van der Waals surface area contributed by atoms with Gasteiger partial charge >= 0.3 is 0 Å². The Hall–Kier alpha value is -0.410. The standard InChI is InChI=1S/C19H35N5S.HI/c1-4-12-24-13-9-17(10-14-24)23-19(20-5-2)21-11-7-6-8-18-22-16(3)15-25-18;/h15,17H,4-14H2,1-3H3,(H2,20,21,23);1H. The largest absolute Gasteiger partial charge is 0.357 e. The molecule has 2 N–H and O–H groups in total. The molecule has 0 saturated carbocycles. The normalized spacial score (nSPS) is 16.3. The maximum absolute atomic E-state index is 4.76. The van der Waals surface area contributed by atoms with Crippen LogP contribution < -0.4 is 10.6 Å². The number of nitrogens with one attached hydrogen (secondary N) is 2. The van der Waals surface area contributed by atoms with E-state index in [2.05, 4.69) is 46.7 Å². The molecule has 1 aromatic rings. The van der Waals surface area contributed by atoms with E-state index in [1.165, 1.54) is 43.9 Å². The van der Waals surface area contributed by atoms with Crippen molar-refractivity contribution in [3.63, 3.8) is 0 Å². The van der Waals surface area contributed by atoms with Gasteiger partial charge in [0.1, 0.15) is 0 Å². The molecule has 0 unspecified atom stereocenters. The lowest BCUT2D eigenvalue weighted by molar-refractivity contribution is 0.206. The number of likely N-dealkylation sites (tertiary alicyclic amines) is 1. The first-order valence-corrected chi connectivity index (χ1v) is 10.8. The fourth-order valence-corrected chi connectivity index (χ4v) is 4.05. The molecule has 26 heavy (non-hydrogen) atoms. The van der Waals surface area contributed by atoms with E-state index >= 15 is 0 Å². The second-order valence-electron chi connectivity index (χ2n) is 6.86. The number of unbranched alkanes of at least 4 members (excludes halogenated alkanes) is 1. The molecule has 0 radical (unpaired) electrons. The van der Waals surface area contributed by atoms with Crippen LogP contribution in [0.5, 0.6) is 0 Å². The lowest BCUT2D eigenvalue weighted by atomic mass is 10.1. The summed E-state index contributed by atoms with van der Waals surface area (Å²) in [4.78, 5) is 11.9. The van der Waals surface area contributed by atoms with Gasteiger partial charge in [-0.3, -0.25) is 4.99 Å². The Morgan fingerprint density at radius 2 is 2.08 bits per heavy atom. The number of hydrogen-bond acceptors (Lipinski definition) is 4. The van der Waals surface area contributed by atoms with Crippen molar-refractivity contribution in [2.24, 2.45) is 4.99 Å². The van der Waals surface area contributed by atoms with Gasteiger partial charge in [0, 0.05) is 43.3 Å². The molecular formula is C19H36IN5S. The molecule has 150 valence electrons. The van der Waals surface area contributed by atoms with Crippen molar-refractivity contribution in [2.45, 2.75) is 65.3 Å². The predicted molar refractivity (Wildman–Crippen MR) is 124 cm³/mol. The van der Waals surface area contributed by atoms with Crippen molar-refractivity contribution in [3.8, 4) is 0 Å². The molecule has 0 amide bonds. The average molecular weight is 494 g/mol. The quantitative estimate of drug-likeness (QED) is 0.238. The van der Waals surface area contributed by atoms with Crippen LogP contribution in [0.1, 0.15) is 56.7 Å². The average Bonchev–Trinajstić information content (AvgIpc) is 3.02. The Kier molecular flexibility index (Phi) is 12.5. The van der Waals surface area contributed by atoms with Gasteiger partial charge in [0.15, 0.2) is 5.96 Å². The summed E-state index contributed by atoms with van der Waals surface area (Å²) in [6, 6.07) is 0.559. The minimum Gasteiger partial charge on any atom is -0.357 e. The third-order valence-corrected chi connectivity index (χ3v) is 5.57. The molecular weight excluding hydrogens is 457 g/mol. The van der Waals surface area contributed by atoms with Gasteiger partial charge in [-0.1, -0.05) is 6.92 Å². The minimum atomic E-state index is 0. The lowest BCUT2D eigenvalue weighted by Crippen LogP contribution is -2.48. The van der Waals surface area contributed by atoms with Crippen LogP contribution in [0, 0.1) is 6.92 Å². The number of hydrogen-bond donors (Lipinski definition) is 2. The van der Waals surface area contributed by atoms with E-state index in [1.807, 2.05) is 0 Å². The van der Waals surface area contributed by atoms with Gasteiger partial charge in [0.05, 0.1) is 5.01 Å². The Labute approximate surface area is 180 Å². The third-order valence-electron chi connectivity index (χ3n) is 4.55. The van der Waals surface area contributed by atoms with Crippen LogP contribution in [0.15, 0.2) is 10.4 Å². The molecule has 1 aromatic heterocycles. The number of aliphatic imine (C=N–C) groups is 1. The monoisotopic (exact) mass is 493 g/mol. The van der Waals surface area contributed by atoms with E-state index in [9.17, 15) is 0 Å². The molecule has 0 bridgehead atoms. The summed E-state index contributed by atoms with van der Waals surface area (Å²) in [5.74, 6) is 0.988. The van der Waals surface area contributed by atoms with Crippen molar-refractivity contribution in [1.82, 2.24) is 20.5 Å². The second kappa shape index (κ2) is 13.7. The number of halogens is 1. The first kappa shape index (κ1) is 23.6. The molecule has 0 atom stereocenters. The van der Waals surface area contributed by atoms with Crippen molar-refractivity contribution < 1.29 is 0 Å². The summed E-state index contributed by atoms with van der Waals surface area (Å²) >= 11 is 1.77. The van der Waals surface area contributed by atoms with Crippen LogP contribution in [-0.2, 0) is 6.42 Å². The van der Waals surface area contributed by atoms with Crippen LogP contribution in [0.2, 0.25) is 0 Å². The number of rotatable bonds is 9. The first-order chi connectivity index (χ1) is 12.2. The zero-order valence-corrected chi connectivity index (χ0v) is 19.7. The highest BCUT2D eigenvalue weighted by atomic mass is 127. The second-order valence-corrected chi connectivity index (χ2v) is 7.80. The van der Waals surface area contributed by atoms with Gasteiger partial charge in [-0.05, 0) is 58.9 Å². The number of aryl methyl sites for hydroxylation is 2. The van der Waals surface area contributed by atoms with Gasteiger partial charge in [0.2, 0.25) is 0 Å². The minimum absolute atomic E-state index is 0. The van der Waals surface area contributed by atoms with Gasteiger partial charge < -0.3 is 15.5 Å². The predicted octanol–water partition coefficient (Wildman–Crippen LogP) is 3.82. The molecule has 7 heteroatoms. The molecule has 1 saturated heterocycles. The molecule has 2 rings (SSSR count). The fraction of sp³-hybridized carbons (Fsp3) is 0.789. The van der Waals surface area contributed by atoms with Crippen molar-refractivity contribution in [3.05, 3.63) is 16.1 Å². The number of nitrogens with zero attached hydrogens (tertiary/aromatic N) is 3. The molecule has 2 heterocycles. The van der Waals surface area contributed by atoms with E-state index in [4.69, 9.17) is 4.99 Å². The molecule has 1 fully saturated rings. The number of aromatic nitrogens is 1. The van der Waals surface area contributed by atoms with Crippen LogP contribution in [0.4, 0.5) is 0 Å². The van der Waals surface area contributed by atoms with Crippen LogP contribution in [-0.4, -0.2) is 54.6 Å². The molecule has 1 aliphatic rings. The zero-order chi connectivity index (χ0) is 17.9. The molecule has 0 aliphatic carbocycles. The van der Waals surface area contributed by atoms with E-state index in [0.717, 1.165) is 44.0 Å². The molecule has 5 nitrogen and oxygen atoms in total. The van der Waals surface area contributed by atoms with Gasteiger partial charge in [0.25, 0.3) is 0 Å². The van der Waals surface area contributed by atoms with Gasteiger partial charge in [-0.15, -0.1) is 35.3 Å². The summed E-state index contributed by atoms with van der Waals surface area (Å²) in [6.45, 7) is 11.9. The van der Waals surface area contributed by atoms with Crippen LogP contribution >= 0.6 is 35.3 Å². The molecule has 1 aliphatic heterocycles. The maximum Gasteiger partial charge on any atom is 0.191 e. The van der Waals surface area contributed by atoms with Crippen molar-refractivity contribution in [2.75, 3.05) is 32.7 Å². The van der Waals surface area contributed by atoms with Crippen molar-refractivity contribution in [1.29, 1.82) is 0 Å². The van der Waals surface area contributed by atoms with Gasteiger partial charge in [-0.2, -0.15) is 0 Å². The van der Waals surface area contributed by atoms with E-state index in [-0.39, 0.29) is 24.0 Å². The van der Waals surface area contributed by atoms with Crippen molar-refractivity contribution >= 4 is 41.3 Å². The number of guanidine groups is 1. The summed E-state index contributed by atoms with van der Waals surface area (Å²) in [7, 11) is 0. The first-order valence-electron chi connectivity index (χ1n) is 9.89. The highest BCUT2D eigenvalue weighted by Gasteiger charge is 2.19. The number of thiazole rings is 1. The van der Waals surface area contributed by atoms with E-state index < -0.39 is 0 Å². The fourth-order valence-electron chi connectivity index (χ4n) is 3.23. The highest BCUT2D eigenvalue weighted by molar-refractivity contribution is 14.0. The maximum atomic E-state index is 4.76. The van der Waals surface area contributed by atoms with E-state index in [0.29, 0.717) is 6.04 Å². The number of piperidine rings is 1. The summed E-state index contributed by atoms with van der Waals surface area (Å²) in [5, 5.41) is 10.4. The van der Waals surface area contributed by atoms with E-state index in [1.54, 1.807) is 11.3 Å². The Balaban J connectivity index is 0.00000338. The third kappa shape index (κ3) is 8.99. The Morgan fingerprint density at radius 1 is 1.31 bits per heavy atom. The topological polar surface area (TPSA) is 52.5 Å². The highest BCUT2D eigenvalue weighted by Crippen LogP contribution is 2.12. The lowest BCUT2D eigenvalue weighted by Gasteiger charge is -2.32. The van der Waals surface area contributed by atoms with Gasteiger partial charge in [-0.25, -0.2) is 4.98 Å². The van der Waals surface area contributed by atoms with Crippen LogP contribution in [0.25, 0.3) is 0 Å². The Bertz CT molecular complexity index is 512. The summed E-state index contributed by atoms with van der Waals surface area (Å²) in [6.07, 6.45) is 7.04. The summed E-state index contributed by atoms with van der Waals surface area (Å²) in [5.41, 5.74) is 1.14. The zero-order valence-electron chi connectivity index (χ0n) is 16.6. The molecule has 0 aromatic carbocycles. The Morgan fingerprint density at radius 3 is 2.69 bits per heavy atom.